The van der Waals surface area contributed by atoms with Gasteiger partial charge in [-0.1, -0.05) is 0 Å². The van der Waals surface area contributed by atoms with E-state index >= 15 is 0 Å². The number of aryl methyl sites for hydroxylation is 1. The molecule has 7 nitrogen and oxygen atoms in total. The Morgan fingerprint density at radius 1 is 1.13 bits per heavy atom. The van der Waals surface area contributed by atoms with Gasteiger partial charge in [-0.3, -0.25) is 4.98 Å². The van der Waals surface area contributed by atoms with Gasteiger partial charge in [0.2, 0.25) is 0 Å². The monoisotopic (exact) mass is 415 g/mol. The van der Waals surface area contributed by atoms with Crippen LogP contribution in [0.1, 0.15) is 35.5 Å². The van der Waals surface area contributed by atoms with Crippen LogP contribution in [0.3, 0.4) is 0 Å². The Bertz CT molecular complexity index is 1170. The fourth-order valence-corrected chi connectivity index (χ4v) is 4.17. The summed E-state index contributed by atoms with van der Waals surface area (Å²) in [5, 5.41) is 17.0. The number of nitrogen functional groups attached to an aromatic ring is 1. The highest BCUT2D eigenvalue weighted by atomic mass is 16.4. The number of aromatic carboxylic acids is 1. The Kier molecular flexibility index (Phi) is 4.89. The highest BCUT2D eigenvalue weighted by molar-refractivity contribution is 5.95. The molecular weight excluding hydrogens is 390 g/mol. The number of aromatic nitrogens is 1. The zero-order chi connectivity index (χ0) is 22.3. The summed E-state index contributed by atoms with van der Waals surface area (Å²) in [5.41, 5.74) is 12.0. The van der Waals surface area contributed by atoms with E-state index in [1.807, 2.05) is 43.3 Å². The molecule has 0 atom stereocenters. The summed E-state index contributed by atoms with van der Waals surface area (Å²) in [6, 6.07) is 14.7. The molecular formula is C24H25N5O2. The van der Waals surface area contributed by atoms with Gasteiger partial charge in [0.05, 0.1) is 22.5 Å². The van der Waals surface area contributed by atoms with Crippen molar-refractivity contribution < 1.29 is 9.90 Å². The number of hydrogen-bond donors (Lipinski definition) is 3. The predicted octanol–water partition coefficient (Wildman–Crippen LogP) is 4.74. The Balaban J connectivity index is 1.92. The maximum atomic E-state index is 11.3. The van der Waals surface area contributed by atoms with Gasteiger partial charge >= 0.3 is 5.97 Å². The maximum absolute atomic E-state index is 11.3. The molecule has 0 fully saturated rings. The van der Waals surface area contributed by atoms with Gasteiger partial charge in [-0.05, 0) is 69.3 Å². The molecule has 4 N–H and O–H groups in total. The highest BCUT2D eigenvalue weighted by Gasteiger charge is 2.39. The number of benzene rings is 2. The summed E-state index contributed by atoms with van der Waals surface area (Å²) >= 11 is 0. The van der Waals surface area contributed by atoms with Crippen molar-refractivity contribution in [1.82, 2.24) is 4.98 Å². The number of pyridine rings is 1. The molecule has 31 heavy (non-hydrogen) atoms. The smallest absolute Gasteiger partial charge is 0.335 e. The lowest BCUT2D eigenvalue weighted by Crippen LogP contribution is -2.52. The van der Waals surface area contributed by atoms with E-state index in [1.165, 1.54) is 6.21 Å². The van der Waals surface area contributed by atoms with E-state index in [9.17, 15) is 9.90 Å². The fourth-order valence-electron chi connectivity index (χ4n) is 4.17. The molecule has 0 spiro atoms. The van der Waals surface area contributed by atoms with Gasteiger partial charge in [0.1, 0.15) is 0 Å². The molecule has 2 aromatic carbocycles. The lowest BCUT2D eigenvalue weighted by atomic mass is 9.93. The van der Waals surface area contributed by atoms with E-state index in [2.05, 4.69) is 28.6 Å². The minimum absolute atomic E-state index is 0.243. The van der Waals surface area contributed by atoms with E-state index in [4.69, 9.17) is 11.1 Å². The number of carboxylic acids is 1. The van der Waals surface area contributed by atoms with Crippen molar-refractivity contribution in [3.05, 3.63) is 71.5 Å². The second kappa shape index (κ2) is 7.43. The molecule has 0 unspecified atom stereocenters. The second-order valence-electron chi connectivity index (χ2n) is 8.36. The van der Waals surface area contributed by atoms with Crippen LogP contribution in [0.4, 0.5) is 28.4 Å². The molecule has 1 aromatic heterocycles. The van der Waals surface area contributed by atoms with Crippen LogP contribution in [0.15, 0.2) is 54.7 Å². The highest BCUT2D eigenvalue weighted by Crippen LogP contribution is 2.48. The van der Waals surface area contributed by atoms with E-state index in [0.29, 0.717) is 17.8 Å². The van der Waals surface area contributed by atoms with Crippen molar-refractivity contribution in [1.29, 1.82) is 5.41 Å². The largest absolute Gasteiger partial charge is 0.478 e. The number of nitrogens with zero attached hydrogens (tertiary/aromatic N) is 3. The molecule has 0 bridgehead atoms. The molecule has 2 heterocycles. The lowest BCUT2D eigenvalue weighted by Gasteiger charge is -2.50. The number of carbonyl (C=O) groups is 1. The van der Waals surface area contributed by atoms with E-state index in [1.54, 1.807) is 18.3 Å². The summed E-state index contributed by atoms with van der Waals surface area (Å²) in [4.78, 5) is 20.0. The second-order valence-corrected chi connectivity index (χ2v) is 8.36. The first kappa shape index (κ1) is 20.4. The molecule has 7 heteroatoms. The zero-order valence-corrected chi connectivity index (χ0v) is 17.8. The summed E-state index contributed by atoms with van der Waals surface area (Å²) in [6.07, 6.45) is 3.06. The number of rotatable bonds is 4. The molecule has 0 amide bonds. The van der Waals surface area contributed by atoms with Crippen molar-refractivity contribution in [2.75, 3.05) is 22.1 Å². The molecule has 1 aliphatic rings. The van der Waals surface area contributed by atoms with Gasteiger partial charge in [0.15, 0.2) is 0 Å². The fraction of sp³-hybridized carbons (Fsp3) is 0.208. The van der Waals surface area contributed by atoms with Crippen molar-refractivity contribution >= 4 is 40.6 Å². The van der Waals surface area contributed by atoms with E-state index in [0.717, 1.165) is 28.4 Å². The number of anilines is 5. The number of fused-ring (bicyclic) bond motifs is 1. The lowest BCUT2D eigenvalue weighted by molar-refractivity contribution is 0.0697. The van der Waals surface area contributed by atoms with Gasteiger partial charge in [0.25, 0.3) is 0 Å². The normalized spacial score (nSPS) is 14.8. The van der Waals surface area contributed by atoms with Crippen LogP contribution in [0.25, 0.3) is 0 Å². The third-order valence-corrected chi connectivity index (χ3v) is 5.58. The van der Waals surface area contributed by atoms with Crippen LogP contribution in [-0.4, -0.2) is 34.4 Å². The Morgan fingerprint density at radius 2 is 1.84 bits per heavy atom. The van der Waals surface area contributed by atoms with E-state index < -0.39 is 5.97 Å². The minimum atomic E-state index is -0.954. The van der Waals surface area contributed by atoms with Crippen molar-refractivity contribution in [3.63, 3.8) is 0 Å². The third-order valence-electron chi connectivity index (χ3n) is 5.58. The Hall–Kier alpha value is -3.87. The van der Waals surface area contributed by atoms with Crippen molar-refractivity contribution in [2.45, 2.75) is 26.3 Å². The minimum Gasteiger partial charge on any atom is -0.478 e. The average molecular weight is 415 g/mol. The summed E-state index contributed by atoms with van der Waals surface area (Å²) in [6.45, 7) is 6.93. The number of carboxylic acid groups (broad SMARTS) is 1. The molecule has 0 saturated carbocycles. The molecule has 158 valence electrons. The van der Waals surface area contributed by atoms with Gasteiger partial charge in [-0.2, -0.15) is 0 Å². The predicted molar refractivity (Wildman–Crippen MR) is 124 cm³/mol. The molecule has 0 radical (unpaired) electrons. The van der Waals surface area contributed by atoms with Gasteiger partial charge < -0.3 is 26.0 Å². The molecule has 0 saturated heterocycles. The average Bonchev–Trinajstić information content (AvgIpc) is 2.72. The van der Waals surface area contributed by atoms with Gasteiger partial charge in [0, 0.05) is 47.3 Å². The SMILES string of the molecule is Cc1cc(N2c3cc(C=N)c(N)cc3N(c3ccc(C(=O)O)cc3)CC2(C)C)ccn1. The standard InChI is InChI=1S/C24H25N5O2/c1-15-10-19(8-9-27-15)29-22-11-17(13-25)20(26)12-21(22)28(14-24(29,2)3)18-6-4-16(5-7-18)23(30)31/h4-13,25H,14,26H2,1-3H3,(H,30,31). The maximum Gasteiger partial charge on any atom is 0.335 e. The molecule has 3 aromatic rings. The summed E-state index contributed by atoms with van der Waals surface area (Å²) in [7, 11) is 0. The zero-order valence-electron chi connectivity index (χ0n) is 17.8. The van der Waals surface area contributed by atoms with Crippen molar-refractivity contribution in [3.8, 4) is 0 Å². The Morgan fingerprint density at radius 3 is 2.45 bits per heavy atom. The topological polar surface area (TPSA) is 107 Å². The molecule has 4 rings (SSSR count). The third kappa shape index (κ3) is 3.59. The van der Waals surface area contributed by atoms with Gasteiger partial charge in [-0.15, -0.1) is 0 Å². The summed E-state index contributed by atoms with van der Waals surface area (Å²) in [5.74, 6) is -0.954. The Labute approximate surface area is 181 Å². The first-order valence-electron chi connectivity index (χ1n) is 9.99. The van der Waals surface area contributed by atoms with Crippen LogP contribution in [0.5, 0.6) is 0 Å². The first-order chi connectivity index (χ1) is 14.7. The van der Waals surface area contributed by atoms with Crippen LogP contribution < -0.4 is 15.5 Å². The van der Waals surface area contributed by atoms with Crippen LogP contribution in [0.2, 0.25) is 0 Å². The van der Waals surface area contributed by atoms with Gasteiger partial charge in [-0.25, -0.2) is 4.79 Å². The number of hydrogen-bond acceptors (Lipinski definition) is 6. The first-order valence-corrected chi connectivity index (χ1v) is 9.99. The van der Waals surface area contributed by atoms with Crippen LogP contribution in [0, 0.1) is 12.3 Å². The molecule has 1 aliphatic heterocycles. The quantitative estimate of drug-likeness (QED) is 0.420. The van der Waals surface area contributed by atoms with Crippen molar-refractivity contribution in [2.24, 2.45) is 0 Å². The molecule has 0 aliphatic carbocycles. The van der Waals surface area contributed by atoms with Crippen LogP contribution >= 0.6 is 0 Å². The number of nitrogens with one attached hydrogen (secondary N) is 1. The van der Waals surface area contributed by atoms with Crippen LogP contribution in [-0.2, 0) is 0 Å². The van der Waals surface area contributed by atoms with E-state index in [-0.39, 0.29) is 11.1 Å². The summed E-state index contributed by atoms with van der Waals surface area (Å²) < 4.78 is 0. The number of nitrogens with two attached hydrogens (primary N) is 1.